The molecule has 9 heteroatoms. The summed E-state index contributed by atoms with van der Waals surface area (Å²) in [4.78, 5) is 20.2. The Kier molecular flexibility index (Phi) is 6.20. The minimum atomic E-state index is -0.485. The van der Waals surface area contributed by atoms with E-state index in [1.807, 2.05) is 43.8 Å². The summed E-state index contributed by atoms with van der Waals surface area (Å²) in [5.41, 5.74) is 3.58. The van der Waals surface area contributed by atoms with Gasteiger partial charge in [-0.2, -0.15) is 0 Å². The summed E-state index contributed by atoms with van der Waals surface area (Å²) in [6.45, 7) is 10.1. The Balaban J connectivity index is 1.17. The van der Waals surface area contributed by atoms with Crippen molar-refractivity contribution < 1.29 is 8.78 Å². The first-order valence-corrected chi connectivity index (χ1v) is 12.9. The first kappa shape index (κ1) is 24.1. The van der Waals surface area contributed by atoms with Crippen molar-refractivity contribution in [1.29, 1.82) is 0 Å². The van der Waals surface area contributed by atoms with E-state index in [0.29, 0.717) is 46.7 Å². The first-order valence-electron chi connectivity index (χ1n) is 12.9. The molecule has 6 rings (SSSR count). The summed E-state index contributed by atoms with van der Waals surface area (Å²) in [6, 6.07) is 5.61. The van der Waals surface area contributed by atoms with E-state index < -0.39 is 11.6 Å². The van der Waals surface area contributed by atoms with Crippen LogP contribution < -0.4 is 5.32 Å². The average molecular weight is 504 g/mol. The third kappa shape index (κ3) is 4.62. The number of pyridine rings is 1. The molecule has 37 heavy (non-hydrogen) atoms. The number of nitrogens with one attached hydrogen (secondary N) is 1. The molecule has 0 radical (unpaired) electrons. The lowest BCUT2D eigenvalue weighted by Gasteiger charge is -2.30. The second kappa shape index (κ2) is 9.54. The van der Waals surface area contributed by atoms with Gasteiger partial charge in [-0.3, -0.25) is 9.88 Å². The Morgan fingerprint density at radius 2 is 1.81 bits per heavy atom. The van der Waals surface area contributed by atoms with Crippen LogP contribution in [0.2, 0.25) is 0 Å². The van der Waals surface area contributed by atoms with Crippen molar-refractivity contribution in [2.24, 2.45) is 5.92 Å². The van der Waals surface area contributed by atoms with E-state index in [2.05, 4.69) is 30.2 Å². The van der Waals surface area contributed by atoms with Gasteiger partial charge in [0.25, 0.3) is 0 Å². The molecule has 2 fully saturated rings. The first-order chi connectivity index (χ1) is 17.9. The Bertz CT molecular complexity index is 1440. The van der Waals surface area contributed by atoms with Gasteiger partial charge in [0, 0.05) is 79.8 Å². The molecule has 192 valence electrons. The maximum absolute atomic E-state index is 15.0. The van der Waals surface area contributed by atoms with Crippen LogP contribution in [0, 0.1) is 24.5 Å². The van der Waals surface area contributed by atoms with Gasteiger partial charge >= 0.3 is 0 Å². The highest BCUT2D eigenvalue weighted by molar-refractivity contribution is 5.83. The predicted molar refractivity (Wildman–Crippen MR) is 138 cm³/mol. The van der Waals surface area contributed by atoms with Crippen molar-refractivity contribution in [1.82, 2.24) is 34.7 Å². The molecule has 2 aliphatic rings. The molecule has 3 aromatic heterocycles. The normalized spacial score (nSPS) is 19.5. The van der Waals surface area contributed by atoms with Crippen molar-refractivity contribution in [3.63, 3.8) is 0 Å². The number of aryl methyl sites for hydroxylation is 3. The second-order valence-corrected chi connectivity index (χ2v) is 10.6. The molecule has 5 heterocycles. The van der Waals surface area contributed by atoms with Crippen LogP contribution in [0.1, 0.15) is 42.8 Å². The molecule has 2 saturated heterocycles. The molecule has 1 aromatic carbocycles. The minimum absolute atomic E-state index is 0.103. The second-order valence-electron chi connectivity index (χ2n) is 10.6. The Morgan fingerprint density at radius 3 is 2.49 bits per heavy atom. The molecule has 0 spiro atoms. The molecule has 0 bridgehead atoms. The lowest BCUT2D eigenvalue weighted by molar-refractivity contribution is 0.295. The summed E-state index contributed by atoms with van der Waals surface area (Å²) >= 11 is 0. The van der Waals surface area contributed by atoms with Crippen LogP contribution in [0.25, 0.3) is 22.2 Å². The zero-order valence-electron chi connectivity index (χ0n) is 21.4. The van der Waals surface area contributed by atoms with E-state index in [1.54, 1.807) is 6.07 Å². The molecular formula is C28H31F2N7. The summed E-state index contributed by atoms with van der Waals surface area (Å²) in [5, 5.41) is 3.48. The zero-order chi connectivity index (χ0) is 25.7. The lowest BCUT2D eigenvalue weighted by Crippen LogP contribution is -2.51. The summed E-state index contributed by atoms with van der Waals surface area (Å²) in [6.07, 6.45) is 6.15. The quantitative estimate of drug-likeness (QED) is 0.407. The van der Waals surface area contributed by atoms with Crippen molar-refractivity contribution in [2.75, 3.05) is 19.6 Å². The standard InChI is InChI=1S/C28H31F2N7/c1-16(2)37-17(3)35-28-23(29)6-19(7-26(28)37)22-8-21(31-12-24(22)30)4-5-27-33-9-18(10-34-27)13-36-14-20-11-32-25(20)15-36/h6-10,12,16,20,25,32H,4-5,11,13-15H2,1-3H3/t20-,25+/m1/s1. The number of fused-ring (bicyclic) bond motifs is 2. The molecule has 0 aliphatic carbocycles. The molecule has 2 atom stereocenters. The van der Waals surface area contributed by atoms with Gasteiger partial charge in [-0.15, -0.1) is 0 Å². The third-order valence-corrected chi connectivity index (χ3v) is 7.59. The Hall–Kier alpha value is -3.30. The van der Waals surface area contributed by atoms with Crippen LogP contribution in [0.3, 0.4) is 0 Å². The smallest absolute Gasteiger partial charge is 0.151 e. The molecule has 2 aliphatic heterocycles. The summed E-state index contributed by atoms with van der Waals surface area (Å²) in [5.74, 6) is 1.30. The number of aromatic nitrogens is 5. The number of benzene rings is 1. The number of halogens is 2. The van der Waals surface area contributed by atoms with Crippen LogP contribution in [-0.2, 0) is 19.4 Å². The van der Waals surface area contributed by atoms with Gasteiger partial charge in [0.1, 0.15) is 23.0 Å². The Morgan fingerprint density at radius 1 is 1.00 bits per heavy atom. The third-order valence-electron chi connectivity index (χ3n) is 7.59. The van der Waals surface area contributed by atoms with Crippen molar-refractivity contribution in [2.45, 2.75) is 52.2 Å². The average Bonchev–Trinajstić information content (AvgIpc) is 3.35. The Labute approximate surface area is 215 Å². The number of hydrogen-bond donors (Lipinski definition) is 1. The number of rotatable bonds is 7. The van der Waals surface area contributed by atoms with Gasteiger partial charge in [-0.25, -0.2) is 23.7 Å². The molecular weight excluding hydrogens is 472 g/mol. The van der Waals surface area contributed by atoms with Crippen LogP contribution in [0.5, 0.6) is 0 Å². The maximum Gasteiger partial charge on any atom is 0.151 e. The van der Waals surface area contributed by atoms with Crippen LogP contribution >= 0.6 is 0 Å². The zero-order valence-corrected chi connectivity index (χ0v) is 21.4. The molecule has 1 N–H and O–H groups in total. The molecule has 0 saturated carbocycles. The topological polar surface area (TPSA) is 71.8 Å². The number of likely N-dealkylation sites (tertiary alicyclic amines) is 1. The lowest BCUT2D eigenvalue weighted by atomic mass is 9.96. The van der Waals surface area contributed by atoms with Gasteiger partial charge in [0.05, 0.1) is 11.7 Å². The van der Waals surface area contributed by atoms with Crippen molar-refractivity contribution >= 4 is 11.0 Å². The fourth-order valence-corrected chi connectivity index (χ4v) is 5.68. The minimum Gasteiger partial charge on any atom is -0.326 e. The van der Waals surface area contributed by atoms with E-state index in [-0.39, 0.29) is 6.04 Å². The highest BCUT2D eigenvalue weighted by Gasteiger charge is 2.38. The van der Waals surface area contributed by atoms with E-state index in [0.717, 1.165) is 49.3 Å². The molecule has 0 unspecified atom stereocenters. The van der Waals surface area contributed by atoms with Gasteiger partial charge in [-0.05, 0) is 51.0 Å². The SMILES string of the molecule is Cc1nc2c(F)cc(-c3cc(CCc4ncc(CN5C[C@H]6CN[C@H]6C5)cn4)ncc3F)cc2n1C(C)C. The van der Waals surface area contributed by atoms with Gasteiger partial charge in [0.15, 0.2) is 5.82 Å². The van der Waals surface area contributed by atoms with Crippen molar-refractivity contribution in [3.8, 4) is 11.1 Å². The van der Waals surface area contributed by atoms with E-state index in [4.69, 9.17) is 0 Å². The van der Waals surface area contributed by atoms with Gasteiger partial charge in [-0.1, -0.05) is 0 Å². The van der Waals surface area contributed by atoms with Crippen molar-refractivity contribution in [3.05, 3.63) is 71.3 Å². The maximum atomic E-state index is 15.0. The highest BCUT2D eigenvalue weighted by Crippen LogP contribution is 2.31. The predicted octanol–water partition coefficient (Wildman–Crippen LogP) is 4.24. The molecule has 4 aromatic rings. The number of imidazole rings is 1. The number of hydrogen-bond acceptors (Lipinski definition) is 6. The molecule has 7 nitrogen and oxygen atoms in total. The fourth-order valence-electron chi connectivity index (χ4n) is 5.68. The van der Waals surface area contributed by atoms with Crippen LogP contribution in [-0.4, -0.2) is 55.1 Å². The van der Waals surface area contributed by atoms with Gasteiger partial charge < -0.3 is 9.88 Å². The van der Waals surface area contributed by atoms with E-state index in [9.17, 15) is 8.78 Å². The van der Waals surface area contributed by atoms with Gasteiger partial charge in [0.2, 0.25) is 0 Å². The van der Waals surface area contributed by atoms with Crippen LogP contribution in [0.15, 0.2) is 36.8 Å². The van der Waals surface area contributed by atoms with E-state index in [1.165, 1.54) is 12.3 Å². The summed E-state index contributed by atoms with van der Waals surface area (Å²) in [7, 11) is 0. The van der Waals surface area contributed by atoms with Crippen LogP contribution in [0.4, 0.5) is 8.78 Å². The van der Waals surface area contributed by atoms with E-state index >= 15 is 0 Å². The highest BCUT2D eigenvalue weighted by atomic mass is 19.1. The largest absolute Gasteiger partial charge is 0.326 e. The fraction of sp³-hybridized carbons (Fsp3) is 0.429. The summed E-state index contributed by atoms with van der Waals surface area (Å²) < 4.78 is 31.8. The number of nitrogens with zero attached hydrogens (tertiary/aromatic N) is 6. The molecule has 0 amide bonds. The monoisotopic (exact) mass is 503 g/mol.